The van der Waals surface area contributed by atoms with Crippen molar-refractivity contribution in [3.8, 4) is 0 Å². The van der Waals surface area contributed by atoms with Gasteiger partial charge in [-0.05, 0) is 36.3 Å². The van der Waals surface area contributed by atoms with E-state index in [9.17, 15) is 0 Å². The van der Waals surface area contributed by atoms with Crippen LogP contribution in [0.15, 0.2) is 30.4 Å². The van der Waals surface area contributed by atoms with Crippen molar-refractivity contribution in [2.24, 2.45) is 0 Å². The van der Waals surface area contributed by atoms with Crippen LogP contribution in [-0.2, 0) is 6.42 Å². The van der Waals surface area contributed by atoms with Gasteiger partial charge < -0.3 is 4.90 Å². The van der Waals surface area contributed by atoms with E-state index in [0.29, 0.717) is 5.92 Å². The Morgan fingerprint density at radius 1 is 1.28 bits per heavy atom. The Bertz CT molecular complexity index is 418. The summed E-state index contributed by atoms with van der Waals surface area (Å²) in [5, 5.41) is 0. The van der Waals surface area contributed by atoms with Gasteiger partial charge in [-0.2, -0.15) is 0 Å². The summed E-state index contributed by atoms with van der Waals surface area (Å²) in [6.45, 7) is 9.14. The fourth-order valence-corrected chi connectivity index (χ4v) is 2.77. The van der Waals surface area contributed by atoms with Crippen molar-refractivity contribution in [3.63, 3.8) is 0 Å². The number of para-hydroxylation sites is 1. The Balaban J connectivity index is 2.13. The molecule has 1 heteroatoms. The van der Waals surface area contributed by atoms with Gasteiger partial charge in [0, 0.05) is 18.8 Å². The molecule has 1 aliphatic rings. The van der Waals surface area contributed by atoms with Gasteiger partial charge in [-0.25, -0.2) is 0 Å². The zero-order valence-corrected chi connectivity index (χ0v) is 11.9. The molecule has 0 amide bonds. The Morgan fingerprint density at radius 3 is 2.83 bits per heavy atom. The van der Waals surface area contributed by atoms with Crippen LogP contribution in [0.4, 0.5) is 5.69 Å². The summed E-state index contributed by atoms with van der Waals surface area (Å²) in [5.41, 5.74) is 4.59. The van der Waals surface area contributed by atoms with E-state index in [4.69, 9.17) is 0 Å². The molecule has 0 spiro atoms. The van der Waals surface area contributed by atoms with Crippen LogP contribution in [0.3, 0.4) is 0 Å². The maximum Gasteiger partial charge on any atom is 0.0434 e. The van der Waals surface area contributed by atoms with Gasteiger partial charge in [-0.3, -0.25) is 0 Å². The van der Waals surface area contributed by atoms with Crippen LogP contribution in [-0.4, -0.2) is 13.1 Å². The summed E-state index contributed by atoms with van der Waals surface area (Å²) in [6, 6.07) is 6.81. The van der Waals surface area contributed by atoms with E-state index in [-0.39, 0.29) is 0 Å². The summed E-state index contributed by atoms with van der Waals surface area (Å²) in [6.07, 6.45) is 8.11. The molecule has 0 aliphatic carbocycles. The molecule has 0 bridgehead atoms. The summed E-state index contributed by atoms with van der Waals surface area (Å²) >= 11 is 0. The maximum atomic E-state index is 2.57. The highest BCUT2D eigenvalue weighted by Crippen LogP contribution is 2.35. The van der Waals surface area contributed by atoms with Crippen molar-refractivity contribution in [1.82, 2.24) is 0 Å². The lowest BCUT2D eigenvalue weighted by Crippen LogP contribution is -2.22. The van der Waals surface area contributed by atoms with Crippen molar-refractivity contribution in [3.05, 3.63) is 41.5 Å². The van der Waals surface area contributed by atoms with Crippen LogP contribution >= 0.6 is 0 Å². The SMILES string of the molecule is CCC=CCCN1CCc2cccc(C(C)C)c21. The molecule has 0 atom stereocenters. The van der Waals surface area contributed by atoms with Crippen LogP contribution in [0.25, 0.3) is 0 Å². The number of fused-ring (bicyclic) bond motifs is 1. The largest absolute Gasteiger partial charge is 0.370 e. The summed E-state index contributed by atoms with van der Waals surface area (Å²) < 4.78 is 0. The van der Waals surface area contributed by atoms with Crippen molar-refractivity contribution in [2.45, 2.75) is 46.0 Å². The molecule has 0 fully saturated rings. The van der Waals surface area contributed by atoms with E-state index in [1.807, 2.05) is 0 Å². The van der Waals surface area contributed by atoms with Crippen LogP contribution in [0.2, 0.25) is 0 Å². The molecule has 1 aromatic rings. The Hall–Kier alpha value is -1.24. The summed E-state index contributed by atoms with van der Waals surface area (Å²) in [5.74, 6) is 0.617. The minimum atomic E-state index is 0.617. The zero-order chi connectivity index (χ0) is 13.0. The van der Waals surface area contributed by atoms with E-state index in [0.717, 1.165) is 13.0 Å². The highest BCUT2D eigenvalue weighted by atomic mass is 15.1. The lowest BCUT2D eigenvalue weighted by molar-refractivity contribution is 0.804. The molecular formula is C17H25N. The molecule has 0 aromatic heterocycles. The minimum Gasteiger partial charge on any atom is -0.370 e. The van der Waals surface area contributed by atoms with Crippen molar-refractivity contribution in [2.75, 3.05) is 18.0 Å². The van der Waals surface area contributed by atoms with E-state index < -0.39 is 0 Å². The van der Waals surface area contributed by atoms with Crippen LogP contribution < -0.4 is 4.90 Å². The third-order valence-electron chi connectivity index (χ3n) is 3.71. The zero-order valence-electron chi connectivity index (χ0n) is 11.9. The monoisotopic (exact) mass is 243 g/mol. The fourth-order valence-electron chi connectivity index (χ4n) is 2.77. The highest BCUT2D eigenvalue weighted by Gasteiger charge is 2.22. The number of benzene rings is 1. The lowest BCUT2D eigenvalue weighted by atomic mass is 9.98. The molecule has 0 N–H and O–H groups in total. The van der Waals surface area contributed by atoms with Crippen molar-refractivity contribution < 1.29 is 0 Å². The molecule has 1 nitrogen and oxygen atoms in total. The molecule has 0 radical (unpaired) electrons. The average molecular weight is 243 g/mol. The third kappa shape index (κ3) is 2.77. The second kappa shape index (κ2) is 6.08. The van der Waals surface area contributed by atoms with Gasteiger partial charge in [-0.1, -0.05) is 51.1 Å². The van der Waals surface area contributed by atoms with Crippen LogP contribution in [0, 0.1) is 0 Å². The normalized spacial score (nSPS) is 14.8. The standard InChI is InChI=1S/C17H25N/c1-4-5-6-7-12-18-13-11-15-9-8-10-16(14(2)3)17(15)18/h5-6,8-10,14H,4,7,11-13H2,1-3H3. The predicted molar refractivity (Wildman–Crippen MR) is 80.5 cm³/mol. The predicted octanol–water partition coefficient (Wildman–Crippen LogP) is 4.53. The number of hydrogen-bond donors (Lipinski definition) is 0. The third-order valence-corrected chi connectivity index (χ3v) is 3.71. The number of allylic oxidation sites excluding steroid dienone is 1. The quantitative estimate of drug-likeness (QED) is 0.687. The summed E-state index contributed by atoms with van der Waals surface area (Å²) in [4.78, 5) is 2.57. The van der Waals surface area contributed by atoms with E-state index in [2.05, 4.69) is 56.0 Å². The Labute approximate surface area is 112 Å². The van der Waals surface area contributed by atoms with E-state index in [1.165, 1.54) is 30.6 Å². The number of anilines is 1. The van der Waals surface area contributed by atoms with Gasteiger partial charge in [0.15, 0.2) is 0 Å². The van der Waals surface area contributed by atoms with Crippen LogP contribution in [0.1, 0.15) is 50.7 Å². The minimum absolute atomic E-state index is 0.617. The first kappa shape index (κ1) is 13.2. The highest BCUT2D eigenvalue weighted by molar-refractivity contribution is 5.64. The smallest absolute Gasteiger partial charge is 0.0434 e. The second-order valence-corrected chi connectivity index (χ2v) is 5.42. The molecule has 0 unspecified atom stereocenters. The molecule has 2 rings (SSSR count). The Kier molecular flexibility index (Phi) is 4.46. The van der Waals surface area contributed by atoms with Crippen LogP contribution in [0.5, 0.6) is 0 Å². The first-order valence-corrected chi connectivity index (χ1v) is 7.25. The molecule has 18 heavy (non-hydrogen) atoms. The maximum absolute atomic E-state index is 2.57. The molecule has 0 saturated carbocycles. The number of rotatable bonds is 5. The van der Waals surface area contributed by atoms with Gasteiger partial charge >= 0.3 is 0 Å². The molecule has 1 aromatic carbocycles. The topological polar surface area (TPSA) is 3.24 Å². The molecule has 0 saturated heterocycles. The number of nitrogens with zero attached hydrogens (tertiary/aromatic N) is 1. The Morgan fingerprint density at radius 2 is 2.11 bits per heavy atom. The first-order chi connectivity index (χ1) is 8.74. The van der Waals surface area contributed by atoms with Crippen molar-refractivity contribution in [1.29, 1.82) is 0 Å². The molecule has 98 valence electrons. The fraction of sp³-hybridized carbons (Fsp3) is 0.529. The van der Waals surface area contributed by atoms with Gasteiger partial charge in [-0.15, -0.1) is 0 Å². The van der Waals surface area contributed by atoms with E-state index in [1.54, 1.807) is 5.56 Å². The molecule has 1 aliphatic heterocycles. The van der Waals surface area contributed by atoms with Gasteiger partial charge in [0.25, 0.3) is 0 Å². The second-order valence-electron chi connectivity index (χ2n) is 5.42. The summed E-state index contributed by atoms with van der Waals surface area (Å²) in [7, 11) is 0. The van der Waals surface area contributed by atoms with Crippen molar-refractivity contribution >= 4 is 5.69 Å². The first-order valence-electron chi connectivity index (χ1n) is 7.25. The average Bonchev–Trinajstić information content (AvgIpc) is 2.77. The lowest BCUT2D eigenvalue weighted by Gasteiger charge is -2.23. The van der Waals surface area contributed by atoms with Gasteiger partial charge in [0.05, 0.1) is 0 Å². The number of hydrogen-bond acceptors (Lipinski definition) is 1. The molecule has 1 heterocycles. The van der Waals surface area contributed by atoms with E-state index >= 15 is 0 Å². The van der Waals surface area contributed by atoms with Gasteiger partial charge in [0.2, 0.25) is 0 Å². The van der Waals surface area contributed by atoms with Gasteiger partial charge in [0.1, 0.15) is 0 Å². The molecular weight excluding hydrogens is 218 g/mol.